The number of piperidine rings is 1. The van der Waals surface area contributed by atoms with E-state index in [4.69, 9.17) is 20.5 Å². The van der Waals surface area contributed by atoms with Crippen molar-refractivity contribution in [2.24, 2.45) is 11.3 Å². The van der Waals surface area contributed by atoms with E-state index in [1.54, 1.807) is 54.6 Å². The molecule has 2 aromatic heterocycles. The van der Waals surface area contributed by atoms with E-state index in [2.05, 4.69) is 35.7 Å². The van der Waals surface area contributed by atoms with Gasteiger partial charge in [0.2, 0.25) is 17.8 Å². The molecule has 5 fully saturated rings. The number of aromatic nitrogens is 4. The van der Waals surface area contributed by atoms with Crippen molar-refractivity contribution in [3.05, 3.63) is 103 Å². The molecule has 5 aliphatic rings. The van der Waals surface area contributed by atoms with Crippen molar-refractivity contribution in [1.29, 1.82) is 0 Å². The number of amides is 3. The van der Waals surface area contributed by atoms with Gasteiger partial charge in [-0.3, -0.25) is 14.4 Å². The number of nitrogen functional groups attached to an aromatic ring is 1. The fraction of sp³-hybridized carbons (Fsp3) is 0.473. The van der Waals surface area contributed by atoms with E-state index in [1.165, 1.54) is 16.5 Å². The SMILES string of the molecule is CC(C)(C)[C@H](NC(=O)[C@H]1CC[C@H](N2CCC(c3cnc(N4C5CCC4CN(c4cc(-c6ccccc6O)nnc4N)C5)nc3)CC2)CC1)C(=O)N1C[C@H](O)C[C@H]1C(=O)NOc1ccc(-c2ccccc2F)cc1. The van der Waals surface area contributed by atoms with Crippen molar-refractivity contribution >= 4 is 35.2 Å². The van der Waals surface area contributed by atoms with Crippen LogP contribution in [0.15, 0.2) is 91.3 Å². The molecule has 2 unspecified atom stereocenters. The summed E-state index contributed by atoms with van der Waals surface area (Å²) in [7, 11) is 0. The Balaban J connectivity index is 0.685. The van der Waals surface area contributed by atoms with Crippen LogP contribution < -0.4 is 31.2 Å². The van der Waals surface area contributed by atoms with Crippen LogP contribution in [0.3, 0.4) is 0 Å². The Kier molecular flexibility index (Phi) is 14.2. The number of phenols is 1. The highest BCUT2D eigenvalue weighted by atomic mass is 19.1. The average Bonchev–Trinajstić information content (AvgIpc) is 3.92. The molecule has 4 saturated heterocycles. The first kappa shape index (κ1) is 49.6. The number of hydrogen-bond acceptors (Lipinski definition) is 14. The second kappa shape index (κ2) is 20.9. The number of nitrogens with two attached hydrogens (primary N) is 1. The van der Waals surface area contributed by atoms with Crippen LogP contribution in [-0.4, -0.2) is 127 Å². The molecule has 0 spiro atoms. The summed E-state index contributed by atoms with van der Waals surface area (Å²) in [5, 5.41) is 32.7. The number of carbonyl (C=O) groups is 3. The number of piperazine rings is 1. The molecule has 4 aliphatic heterocycles. The molecule has 1 saturated carbocycles. The zero-order valence-electron chi connectivity index (χ0n) is 41.7. The summed E-state index contributed by atoms with van der Waals surface area (Å²) < 4.78 is 14.3. The number of aromatic hydroxyl groups is 1. The van der Waals surface area contributed by atoms with Crippen LogP contribution in [0.5, 0.6) is 11.5 Å². The highest BCUT2D eigenvalue weighted by Gasteiger charge is 2.46. The Labute approximate surface area is 425 Å². The minimum atomic E-state index is -1.01. The lowest BCUT2D eigenvalue weighted by atomic mass is 9.81. The number of para-hydroxylation sites is 1. The number of nitrogens with one attached hydrogen (secondary N) is 2. The number of nitrogens with zero attached hydrogens (tertiary/aromatic N) is 8. The van der Waals surface area contributed by atoms with Crippen LogP contribution in [-0.2, 0) is 14.4 Å². The third-order valence-corrected chi connectivity index (χ3v) is 15.9. The zero-order chi connectivity index (χ0) is 51.0. The molecule has 6 heterocycles. The summed E-state index contributed by atoms with van der Waals surface area (Å²) in [4.78, 5) is 65.8. The average molecular weight is 996 g/mol. The molecule has 3 aromatic carbocycles. The van der Waals surface area contributed by atoms with E-state index in [0.29, 0.717) is 58.8 Å². The van der Waals surface area contributed by atoms with Crippen molar-refractivity contribution in [2.75, 3.05) is 48.3 Å². The Morgan fingerprint density at radius 1 is 0.795 bits per heavy atom. The maximum atomic E-state index is 14.3. The minimum absolute atomic E-state index is 0.0218. The molecular formula is C55H66FN11O6. The number of halogens is 1. The number of phenolic OH excluding ortho intramolecular Hbond substituents is 1. The van der Waals surface area contributed by atoms with Gasteiger partial charge in [-0.15, -0.1) is 10.2 Å². The third-order valence-electron chi connectivity index (χ3n) is 15.9. The Hall–Kier alpha value is -6.92. The van der Waals surface area contributed by atoms with Crippen molar-refractivity contribution in [3.63, 3.8) is 0 Å². The van der Waals surface area contributed by atoms with E-state index in [1.807, 2.05) is 51.4 Å². The predicted molar refractivity (Wildman–Crippen MR) is 274 cm³/mol. The summed E-state index contributed by atoms with van der Waals surface area (Å²) in [6.07, 6.45) is 10.4. The standard InChI is InChI=1S/C55H66FN11O6/c1-55(2,3)49(53(72)66-32-40(68)26-47(66)52(71)63-73-41-20-14-34(15-21-41)42-8-4-6-10-44(42)56)60-51(70)35-12-16-37(17-13-35)64-24-22-33(23-25-64)36-28-58-54(59-29-36)67-38-18-19-39(67)31-65(30-38)46-27-45(61-62-50(46)57)43-9-5-7-11-48(43)69/h4-11,14-15,20-21,27-29,33,35,37-40,47,49,68-69H,12-13,16-19,22-26,30-32H2,1-3H3,(H2,57,62)(H,60,70)(H,63,71)/t35-,37-,38?,39?,40-,47+,49-/m1/s1. The molecule has 2 bridgehead atoms. The number of hydrogen-bond donors (Lipinski definition) is 5. The molecule has 384 valence electrons. The lowest BCUT2D eigenvalue weighted by Gasteiger charge is -2.42. The quantitative estimate of drug-likeness (QED) is 0.0878. The van der Waals surface area contributed by atoms with Gasteiger partial charge in [0.05, 0.1) is 17.5 Å². The zero-order valence-corrected chi connectivity index (χ0v) is 41.7. The van der Waals surface area contributed by atoms with Gasteiger partial charge < -0.3 is 45.7 Å². The van der Waals surface area contributed by atoms with Gasteiger partial charge in [0.15, 0.2) is 11.6 Å². The summed E-state index contributed by atoms with van der Waals surface area (Å²) in [6, 6.07) is 20.9. The predicted octanol–water partition coefficient (Wildman–Crippen LogP) is 6.23. The smallest absolute Gasteiger partial charge is 0.275 e. The number of anilines is 3. The van der Waals surface area contributed by atoms with Crippen LogP contribution in [0.1, 0.15) is 90.0 Å². The van der Waals surface area contributed by atoms with Gasteiger partial charge in [0.25, 0.3) is 5.91 Å². The van der Waals surface area contributed by atoms with Crippen molar-refractivity contribution < 1.29 is 33.8 Å². The number of rotatable bonds is 12. The van der Waals surface area contributed by atoms with Gasteiger partial charge >= 0.3 is 0 Å². The van der Waals surface area contributed by atoms with E-state index >= 15 is 0 Å². The molecule has 6 N–H and O–H groups in total. The van der Waals surface area contributed by atoms with Crippen molar-refractivity contribution in [2.45, 2.75) is 121 Å². The van der Waals surface area contributed by atoms with Crippen LogP contribution in [0, 0.1) is 17.2 Å². The fourth-order valence-corrected chi connectivity index (χ4v) is 11.8. The second-order valence-electron chi connectivity index (χ2n) is 21.6. The van der Waals surface area contributed by atoms with Gasteiger partial charge in [0, 0.05) is 73.6 Å². The second-order valence-corrected chi connectivity index (χ2v) is 21.6. The number of aliphatic hydroxyl groups excluding tert-OH is 1. The maximum absolute atomic E-state index is 14.3. The number of likely N-dealkylation sites (tertiary alicyclic amines) is 2. The first-order valence-electron chi connectivity index (χ1n) is 25.8. The first-order chi connectivity index (χ1) is 35.2. The highest BCUT2D eigenvalue weighted by Crippen LogP contribution is 2.40. The van der Waals surface area contributed by atoms with Crippen LogP contribution in [0.25, 0.3) is 22.4 Å². The molecule has 1 aliphatic carbocycles. The summed E-state index contributed by atoms with van der Waals surface area (Å²) in [6.45, 7) is 9.03. The van der Waals surface area contributed by atoms with Gasteiger partial charge in [0.1, 0.15) is 23.7 Å². The van der Waals surface area contributed by atoms with Crippen LogP contribution in [0.4, 0.5) is 21.8 Å². The third kappa shape index (κ3) is 10.6. The molecule has 17 nitrogen and oxygen atoms in total. The maximum Gasteiger partial charge on any atom is 0.275 e. The van der Waals surface area contributed by atoms with Gasteiger partial charge in [-0.2, -0.15) is 5.48 Å². The molecule has 5 aromatic rings. The summed E-state index contributed by atoms with van der Waals surface area (Å²) in [5.41, 5.74) is 12.4. The number of β-amino-alcohol motifs (C(OH)–C–C–N with tert-alkyl or cyclic N) is 1. The largest absolute Gasteiger partial charge is 0.507 e. The molecule has 5 atom stereocenters. The monoisotopic (exact) mass is 996 g/mol. The Morgan fingerprint density at radius 3 is 2.10 bits per heavy atom. The Morgan fingerprint density at radius 2 is 1.44 bits per heavy atom. The number of benzene rings is 3. The van der Waals surface area contributed by atoms with E-state index < -0.39 is 35.4 Å². The molecule has 73 heavy (non-hydrogen) atoms. The fourth-order valence-electron chi connectivity index (χ4n) is 11.8. The lowest BCUT2D eigenvalue weighted by molar-refractivity contribution is -0.146. The number of carbonyl (C=O) groups excluding carboxylic acids is 3. The van der Waals surface area contributed by atoms with Gasteiger partial charge in [-0.1, -0.05) is 63.2 Å². The molecule has 18 heteroatoms. The van der Waals surface area contributed by atoms with Crippen LogP contribution >= 0.6 is 0 Å². The molecule has 10 rings (SSSR count). The van der Waals surface area contributed by atoms with Gasteiger partial charge in [-0.05, 0) is 123 Å². The summed E-state index contributed by atoms with van der Waals surface area (Å²) in [5.74, 6) is 0.174. The van der Waals surface area contributed by atoms with Crippen molar-refractivity contribution in [1.82, 2.24) is 40.8 Å². The van der Waals surface area contributed by atoms with Crippen molar-refractivity contribution in [3.8, 4) is 33.9 Å². The number of fused-ring (bicyclic) bond motifs is 2. The highest BCUT2D eigenvalue weighted by molar-refractivity contribution is 5.93. The summed E-state index contributed by atoms with van der Waals surface area (Å²) >= 11 is 0. The molecule has 3 amide bonds. The molecular weight excluding hydrogens is 930 g/mol. The lowest BCUT2D eigenvalue weighted by Crippen LogP contribution is -2.58. The van der Waals surface area contributed by atoms with E-state index in [-0.39, 0.29) is 48.4 Å². The first-order valence-corrected chi connectivity index (χ1v) is 25.8. The number of hydroxylamine groups is 1. The topological polar surface area (TPSA) is 215 Å². The van der Waals surface area contributed by atoms with E-state index in [0.717, 1.165) is 76.3 Å². The van der Waals surface area contributed by atoms with E-state index in [9.17, 15) is 29.0 Å². The molecule has 0 radical (unpaired) electrons. The van der Waals surface area contributed by atoms with Crippen LogP contribution in [0.2, 0.25) is 0 Å². The minimum Gasteiger partial charge on any atom is -0.507 e. The number of aliphatic hydroxyl groups is 1. The normalized spacial score (nSPS) is 24.0. The van der Waals surface area contributed by atoms with Gasteiger partial charge in [-0.25, -0.2) is 14.4 Å². The Bertz CT molecular complexity index is 2770.